The average Bonchev–Trinajstić information content (AvgIpc) is 2.21. The summed E-state index contributed by atoms with van der Waals surface area (Å²) in [5.41, 5.74) is 0. The van der Waals surface area contributed by atoms with Gasteiger partial charge in [-0.2, -0.15) is 0 Å². The fraction of sp³-hybridized carbons (Fsp3) is 0.900. The molecule has 0 spiro atoms. The van der Waals surface area contributed by atoms with Crippen LogP contribution in [0.2, 0.25) is 0 Å². The molecule has 0 saturated carbocycles. The molecule has 0 bridgehead atoms. The van der Waals surface area contributed by atoms with E-state index in [1.165, 1.54) is 0 Å². The number of carbonyl (C=O) groups is 1. The second-order valence-electron chi connectivity index (χ2n) is 3.92. The Bertz CT molecular complexity index is 204. The molecule has 1 aliphatic rings. The molecule has 1 fully saturated rings. The number of nitrogens with zero attached hydrogens (tertiary/aromatic N) is 1. The van der Waals surface area contributed by atoms with Crippen LogP contribution in [0.1, 0.15) is 0 Å². The summed E-state index contributed by atoms with van der Waals surface area (Å²) in [6.45, 7) is 7.16. The summed E-state index contributed by atoms with van der Waals surface area (Å²) < 4.78 is 0. The van der Waals surface area contributed by atoms with Crippen LogP contribution in [-0.4, -0.2) is 74.9 Å². The topological polar surface area (TPSA) is 76.6 Å². The number of hydrogen-bond donors (Lipinski definition) is 4. The molecule has 4 N–H and O–H groups in total. The molecule has 0 unspecified atom stereocenters. The van der Waals surface area contributed by atoms with Gasteiger partial charge in [-0.1, -0.05) is 0 Å². The van der Waals surface area contributed by atoms with Crippen molar-refractivity contribution in [2.75, 3.05) is 58.9 Å². The third kappa shape index (κ3) is 20.7. The van der Waals surface area contributed by atoms with Gasteiger partial charge in [-0.15, -0.1) is 0 Å². The van der Waals surface area contributed by atoms with E-state index in [2.05, 4.69) is 16.0 Å². The zero-order chi connectivity index (χ0) is 11.6. The standard InChI is InChI=1S/C10H22N4O2.4Gd/c15-10(16)9-14-7-5-12-3-1-11-2-4-13-6-8-14;;;;/h11-13H,1-9H2,(H,15,16);;;;. The first-order chi connectivity index (χ1) is 7.79. The molecule has 0 aromatic heterocycles. The van der Waals surface area contributed by atoms with E-state index >= 15 is 0 Å². The van der Waals surface area contributed by atoms with Gasteiger partial charge in [-0.3, -0.25) is 9.69 Å². The predicted molar refractivity (Wildman–Crippen MR) is 62.7 cm³/mol. The monoisotopic (exact) mass is 862 g/mol. The predicted octanol–water partition coefficient (Wildman–Crippen LogP) is -1.84. The van der Waals surface area contributed by atoms with Gasteiger partial charge in [0.25, 0.3) is 0 Å². The largest absolute Gasteiger partial charge is 0.480 e. The molecule has 0 aliphatic carbocycles. The Balaban J connectivity index is -0.000000320. The summed E-state index contributed by atoms with van der Waals surface area (Å²) >= 11 is 0. The first kappa shape index (κ1) is 32.3. The van der Waals surface area contributed by atoms with Crippen molar-refractivity contribution in [2.45, 2.75) is 0 Å². The van der Waals surface area contributed by atoms with Gasteiger partial charge in [0.05, 0.1) is 6.54 Å². The van der Waals surface area contributed by atoms with Crippen molar-refractivity contribution in [2.24, 2.45) is 0 Å². The second kappa shape index (κ2) is 23.6. The van der Waals surface area contributed by atoms with Crippen LogP contribution in [-0.2, 0) is 4.79 Å². The van der Waals surface area contributed by atoms with E-state index in [1.807, 2.05) is 4.90 Å². The van der Waals surface area contributed by atoms with Crippen LogP contribution in [0.5, 0.6) is 0 Å². The SMILES string of the molecule is O=C(O)CN1CCNCCNCCNCC1.[Gd].[Gd].[Gd].[Gd]. The molecule has 0 amide bonds. The summed E-state index contributed by atoms with van der Waals surface area (Å²) in [5.74, 6) is -0.756. The van der Waals surface area contributed by atoms with Crippen molar-refractivity contribution in [3.63, 3.8) is 0 Å². The Morgan fingerprint density at radius 3 is 1.50 bits per heavy atom. The molecule has 10 heteroatoms. The molecule has 0 atom stereocenters. The Kier molecular flexibility index (Phi) is 38.1. The first-order valence-corrected chi connectivity index (χ1v) is 5.85. The maximum absolute atomic E-state index is 10.6. The van der Waals surface area contributed by atoms with Crippen LogP contribution in [0.25, 0.3) is 0 Å². The summed E-state index contributed by atoms with van der Waals surface area (Å²) in [5, 5.41) is 18.7. The molecular formula is C10H22Gd4N4O2. The van der Waals surface area contributed by atoms with Gasteiger partial charge in [0.1, 0.15) is 0 Å². The number of carboxylic acid groups (broad SMARTS) is 1. The minimum atomic E-state index is -0.756. The van der Waals surface area contributed by atoms with E-state index in [4.69, 9.17) is 5.11 Å². The van der Waals surface area contributed by atoms with Crippen LogP contribution >= 0.6 is 0 Å². The molecule has 1 rings (SSSR count). The third-order valence-corrected chi connectivity index (χ3v) is 2.53. The minimum absolute atomic E-state index is 0. The molecule has 20 heavy (non-hydrogen) atoms. The number of rotatable bonds is 2. The summed E-state index contributed by atoms with van der Waals surface area (Å²) in [4.78, 5) is 12.6. The summed E-state index contributed by atoms with van der Waals surface area (Å²) in [6.07, 6.45) is 0. The summed E-state index contributed by atoms with van der Waals surface area (Å²) in [6, 6.07) is 0. The first-order valence-electron chi connectivity index (χ1n) is 5.85. The van der Waals surface area contributed by atoms with E-state index < -0.39 is 5.97 Å². The van der Waals surface area contributed by atoms with Crippen LogP contribution in [0.3, 0.4) is 0 Å². The van der Waals surface area contributed by atoms with Gasteiger partial charge in [0.2, 0.25) is 0 Å². The molecule has 0 aromatic carbocycles. The minimum Gasteiger partial charge on any atom is -0.480 e. The van der Waals surface area contributed by atoms with Crippen molar-refractivity contribution in [1.29, 1.82) is 0 Å². The fourth-order valence-electron chi connectivity index (χ4n) is 1.66. The molecule has 126 valence electrons. The normalized spacial score (nSPS) is 17.6. The van der Waals surface area contributed by atoms with Crippen molar-refractivity contribution in [3.05, 3.63) is 0 Å². The van der Waals surface area contributed by atoms with Gasteiger partial charge in [-0.25, -0.2) is 0 Å². The van der Waals surface area contributed by atoms with E-state index in [0.29, 0.717) is 0 Å². The average molecular weight is 859 g/mol. The van der Waals surface area contributed by atoms with Gasteiger partial charge in [0, 0.05) is 212 Å². The Morgan fingerprint density at radius 1 is 0.800 bits per heavy atom. The molecule has 0 aromatic rings. The zero-order valence-corrected chi connectivity index (χ0v) is 20.2. The van der Waals surface area contributed by atoms with Crippen LogP contribution in [0.15, 0.2) is 0 Å². The molecular weight excluding hydrogens is 837 g/mol. The van der Waals surface area contributed by atoms with Gasteiger partial charge < -0.3 is 21.1 Å². The van der Waals surface area contributed by atoms with Crippen LogP contribution in [0, 0.1) is 160 Å². The Morgan fingerprint density at radius 2 is 1.15 bits per heavy atom. The number of carboxylic acids is 1. The molecule has 6 nitrogen and oxygen atoms in total. The number of hydrogen-bond acceptors (Lipinski definition) is 5. The van der Waals surface area contributed by atoms with Gasteiger partial charge in [-0.05, 0) is 0 Å². The Hall–Kier alpha value is 4.61. The molecule has 1 heterocycles. The van der Waals surface area contributed by atoms with E-state index in [1.54, 1.807) is 0 Å². The maximum atomic E-state index is 10.6. The maximum Gasteiger partial charge on any atom is 0.317 e. The van der Waals surface area contributed by atoms with E-state index in [9.17, 15) is 4.79 Å². The van der Waals surface area contributed by atoms with Gasteiger partial charge in [0.15, 0.2) is 0 Å². The molecule has 0 radical (unpaired) electrons. The van der Waals surface area contributed by atoms with E-state index in [-0.39, 0.29) is 166 Å². The van der Waals surface area contributed by atoms with Crippen molar-refractivity contribution < 1.29 is 170 Å². The van der Waals surface area contributed by atoms with Crippen molar-refractivity contribution >= 4 is 5.97 Å². The van der Waals surface area contributed by atoms with E-state index in [0.717, 1.165) is 52.4 Å². The quantitative estimate of drug-likeness (QED) is 0.262. The molecule has 1 aliphatic heterocycles. The smallest absolute Gasteiger partial charge is 0.317 e. The molecule has 1 saturated heterocycles. The van der Waals surface area contributed by atoms with Crippen LogP contribution < -0.4 is 16.0 Å². The second-order valence-corrected chi connectivity index (χ2v) is 3.92. The Labute approximate surface area is 249 Å². The van der Waals surface area contributed by atoms with Crippen LogP contribution in [0.4, 0.5) is 0 Å². The van der Waals surface area contributed by atoms with Gasteiger partial charge >= 0.3 is 5.97 Å². The fourth-order valence-corrected chi connectivity index (χ4v) is 1.66. The third-order valence-electron chi connectivity index (χ3n) is 2.53. The van der Waals surface area contributed by atoms with Crippen molar-refractivity contribution in [1.82, 2.24) is 20.9 Å². The number of aliphatic carboxylic acids is 1. The number of nitrogens with one attached hydrogen (secondary N) is 3. The van der Waals surface area contributed by atoms with Crippen molar-refractivity contribution in [3.8, 4) is 0 Å². The zero-order valence-electron chi connectivity index (χ0n) is 11.1. The summed E-state index contributed by atoms with van der Waals surface area (Å²) in [7, 11) is 0.